The van der Waals surface area contributed by atoms with Crippen molar-refractivity contribution in [3.8, 4) is 0 Å². The molecule has 21 heavy (non-hydrogen) atoms. The summed E-state index contributed by atoms with van der Waals surface area (Å²) in [6, 6.07) is 14.0. The van der Waals surface area contributed by atoms with E-state index in [1.807, 2.05) is 0 Å². The Kier molecular flexibility index (Phi) is 3.20. The maximum absolute atomic E-state index is 11.4. The van der Waals surface area contributed by atoms with Gasteiger partial charge in [-0.2, -0.15) is 0 Å². The highest BCUT2D eigenvalue weighted by molar-refractivity contribution is 6.08. The van der Waals surface area contributed by atoms with E-state index in [0.717, 1.165) is 24.8 Å². The Morgan fingerprint density at radius 1 is 1.10 bits per heavy atom. The van der Waals surface area contributed by atoms with Crippen molar-refractivity contribution < 1.29 is 5.11 Å². The molecule has 4 rings (SSSR count). The lowest BCUT2D eigenvalue weighted by atomic mass is 9.76. The van der Waals surface area contributed by atoms with Crippen LogP contribution < -0.4 is 0 Å². The molecule has 2 fully saturated rings. The van der Waals surface area contributed by atoms with Crippen molar-refractivity contribution in [2.75, 3.05) is 0 Å². The Morgan fingerprint density at radius 2 is 1.90 bits per heavy atom. The first-order valence-electron chi connectivity index (χ1n) is 8.10. The summed E-state index contributed by atoms with van der Waals surface area (Å²) in [5.74, 6) is 1.20. The molecule has 2 aliphatic carbocycles. The van der Waals surface area contributed by atoms with Gasteiger partial charge in [-0.15, -0.1) is 0 Å². The first-order chi connectivity index (χ1) is 10.2. The molecule has 0 saturated heterocycles. The summed E-state index contributed by atoms with van der Waals surface area (Å²) in [5.41, 5.74) is 1.95. The van der Waals surface area contributed by atoms with Crippen LogP contribution in [-0.4, -0.2) is 15.3 Å². The number of aryl methyl sites for hydroxylation is 1. The average Bonchev–Trinajstić information content (AvgIpc) is 3.08. The summed E-state index contributed by atoms with van der Waals surface area (Å²) in [6.07, 6.45) is 5.71. The molecule has 2 aliphatic rings. The van der Waals surface area contributed by atoms with Crippen molar-refractivity contribution in [3.63, 3.8) is 0 Å². The van der Waals surface area contributed by atoms with E-state index in [2.05, 4.69) is 46.6 Å². The van der Waals surface area contributed by atoms with E-state index in [-0.39, 0.29) is 0 Å². The van der Waals surface area contributed by atoms with Crippen LogP contribution in [-0.2, 0) is 12.0 Å². The zero-order valence-corrected chi connectivity index (χ0v) is 13.3. The summed E-state index contributed by atoms with van der Waals surface area (Å²) in [7, 11) is 3.59. The van der Waals surface area contributed by atoms with Crippen molar-refractivity contribution in [2.24, 2.45) is 11.8 Å². The highest BCUT2D eigenvalue weighted by Crippen LogP contribution is 2.56. The lowest BCUT2D eigenvalue weighted by molar-refractivity contribution is -0.0168. The van der Waals surface area contributed by atoms with Crippen LogP contribution in [0.5, 0.6) is 0 Å². The predicted molar refractivity (Wildman–Crippen MR) is 87.6 cm³/mol. The van der Waals surface area contributed by atoms with Crippen LogP contribution in [0, 0.1) is 11.8 Å². The van der Waals surface area contributed by atoms with Crippen LogP contribution in [0.3, 0.4) is 0 Å². The van der Waals surface area contributed by atoms with Crippen molar-refractivity contribution >= 4 is 21.0 Å². The monoisotopic (exact) mass is 293 g/mol. The van der Waals surface area contributed by atoms with Crippen molar-refractivity contribution in [2.45, 2.75) is 43.7 Å². The Hall–Kier alpha value is -1.12. The van der Waals surface area contributed by atoms with Crippen molar-refractivity contribution in [1.29, 1.82) is 0 Å². The molecule has 2 aromatic carbocycles. The lowest BCUT2D eigenvalue weighted by Crippen LogP contribution is -2.32. The van der Waals surface area contributed by atoms with Crippen LogP contribution in [0.25, 0.3) is 10.8 Å². The molecule has 0 aromatic heterocycles. The summed E-state index contributed by atoms with van der Waals surface area (Å²) >= 11 is 0. The Morgan fingerprint density at radius 3 is 2.57 bits per heavy atom. The van der Waals surface area contributed by atoms with Crippen LogP contribution in [0.4, 0.5) is 0 Å². The van der Waals surface area contributed by atoms with Gasteiger partial charge in [-0.3, -0.25) is 0 Å². The first-order valence-corrected chi connectivity index (χ1v) is 8.81. The molecule has 3 radical (unpaired) electrons. The van der Waals surface area contributed by atoms with Gasteiger partial charge >= 0.3 is 0 Å². The maximum atomic E-state index is 11.4. The zero-order chi connectivity index (χ0) is 14.4. The molecule has 2 saturated carbocycles. The minimum absolute atomic E-state index is 0.465. The molecule has 3 unspecified atom stereocenters. The fourth-order valence-corrected chi connectivity index (χ4v) is 4.99. The van der Waals surface area contributed by atoms with Crippen molar-refractivity contribution in [3.05, 3.63) is 47.5 Å². The van der Waals surface area contributed by atoms with Gasteiger partial charge in [0.25, 0.3) is 0 Å². The Balaban J connectivity index is 1.88. The van der Waals surface area contributed by atoms with Gasteiger partial charge in [-0.1, -0.05) is 42.4 Å². The average molecular weight is 293 g/mol. The van der Waals surface area contributed by atoms with Gasteiger partial charge in [0.1, 0.15) is 0 Å². The van der Waals surface area contributed by atoms with Gasteiger partial charge in [0, 0.05) is 10.2 Å². The highest BCUT2D eigenvalue weighted by Gasteiger charge is 2.51. The fourth-order valence-electron chi connectivity index (χ4n) is 4.72. The predicted octanol–water partition coefficient (Wildman–Crippen LogP) is 3.98. The third kappa shape index (κ3) is 2.00. The van der Waals surface area contributed by atoms with Gasteiger partial charge in [0.15, 0.2) is 0 Å². The van der Waals surface area contributed by atoms with E-state index >= 15 is 0 Å². The second-order valence-corrected chi connectivity index (χ2v) is 7.32. The third-order valence-corrected chi connectivity index (χ3v) is 5.94. The molecule has 1 nitrogen and oxygen atoms in total. The van der Waals surface area contributed by atoms with E-state index in [1.54, 1.807) is 0 Å². The molecular formula is C19H21OSi. The topological polar surface area (TPSA) is 20.2 Å². The number of aliphatic hydroxyl groups is 1. The first kappa shape index (κ1) is 13.5. The van der Waals surface area contributed by atoms with E-state index in [0.29, 0.717) is 5.92 Å². The minimum atomic E-state index is -0.588. The van der Waals surface area contributed by atoms with E-state index in [9.17, 15) is 5.11 Å². The summed E-state index contributed by atoms with van der Waals surface area (Å²) < 4.78 is 0. The SMILES string of the molecule is OC1(c2ccc(CC[Si])c3ccccc23)CC2CCC1C2. The molecule has 107 valence electrons. The Bertz CT molecular complexity index is 680. The number of hydrogen-bond acceptors (Lipinski definition) is 1. The molecule has 1 N–H and O–H groups in total. The summed E-state index contributed by atoms with van der Waals surface area (Å²) in [6.45, 7) is 0. The zero-order valence-electron chi connectivity index (χ0n) is 12.3. The van der Waals surface area contributed by atoms with E-state index in [1.165, 1.54) is 41.2 Å². The molecule has 0 aliphatic heterocycles. The Labute approximate surface area is 129 Å². The third-order valence-electron chi connectivity index (χ3n) is 5.69. The van der Waals surface area contributed by atoms with Crippen molar-refractivity contribution in [1.82, 2.24) is 0 Å². The molecule has 0 amide bonds. The number of rotatable bonds is 3. The lowest BCUT2D eigenvalue weighted by Gasteiger charge is -2.34. The number of fused-ring (bicyclic) bond motifs is 3. The van der Waals surface area contributed by atoms with Crippen LogP contribution in [0.1, 0.15) is 36.8 Å². The largest absolute Gasteiger partial charge is 0.385 e. The second kappa shape index (κ2) is 4.96. The molecule has 0 spiro atoms. The molecule has 2 bridgehead atoms. The quantitative estimate of drug-likeness (QED) is 0.849. The van der Waals surface area contributed by atoms with E-state index < -0.39 is 5.60 Å². The van der Waals surface area contributed by atoms with Gasteiger partial charge in [0.05, 0.1) is 5.60 Å². The van der Waals surface area contributed by atoms with E-state index in [4.69, 9.17) is 0 Å². The molecule has 2 aromatic rings. The smallest absolute Gasteiger partial charge is 0.0933 e. The van der Waals surface area contributed by atoms with Gasteiger partial charge < -0.3 is 5.11 Å². The molecule has 0 heterocycles. The standard InChI is InChI=1S/C19H21OSi/c20-19(12-13-5-7-15(19)11-13)18-8-6-14(9-10-21)16-3-1-2-4-17(16)18/h1-4,6,8,13,15,20H,5,7,9-12H2. The van der Waals surface area contributed by atoms with Crippen LogP contribution >= 0.6 is 0 Å². The number of hydrogen-bond donors (Lipinski definition) is 1. The van der Waals surface area contributed by atoms with Gasteiger partial charge in [-0.05, 0) is 65.8 Å². The van der Waals surface area contributed by atoms with Crippen LogP contribution in [0.15, 0.2) is 36.4 Å². The minimum Gasteiger partial charge on any atom is -0.385 e. The summed E-state index contributed by atoms with van der Waals surface area (Å²) in [4.78, 5) is 0. The molecule has 2 heteroatoms. The number of benzene rings is 2. The second-order valence-electron chi connectivity index (χ2n) is 6.82. The van der Waals surface area contributed by atoms with Gasteiger partial charge in [0.2, 0.25) is 0 Å². The van der Waals surface area contributed by atoms with Gasteiger partial charge in [-0.25, -0.2) is 0 Å². The molecular weight excluding hydrogens is 272 g/mol. The summed E-state index contributed by atoms with van der Waals surface area (Å²) in [5, 5.41) is 13.9. The maximum Gasteiger partial charge on any atom is 0.0933 e. The molecule has 3 atom stereocenters. The fraction of sp³-hybridized carbons (Fsp3) is 0.474. The highest BCUT2D eigenvalue weighted by atomic mass is 28.1. The van der Waals surface area contributed by atoms with Crippen LogP contribution in [0.2, 0.25) is 6.04 Å². The normalized spacial score (nSPS) is 31.1.